The van der Waals surface area contributed by atoms with E-state index < -0.39 is 11.5 Å². The van der Waals surface area contributed by atoms with Crippen LogP contribution in [0, 0.1) is 11.8 Å². The molecule has 3 atom stereocenters. The van der Waals surface area contributed by atoms with E-state index in [-0.39, 0.29) is 5.92 Å². The first-order valence-electron chi connectivity index (χ1n) is 4.50. The molecule has 0 heterocycles. The first kappa shape index (κ1) is 9.52. The number of carboxylic acid groups (broad SMARTS) is 1. The zero-order valence-corrected chi connectivity index (χ0v) is 7.71. The molecule has 0 saturated heterocycles. The second-order valence-corrected chi connectivity index (χ2v) is 4.00. The Hall–Kier alpha value is -0.570. The molecule has 0 aromatic carbocycles. The summed E-state index contributed by atoms with van der Waals surface area (Å²) in [4.78, 5) is 10.9. The molecule has 3 nitrogen and oxygen atoms in total. The van der Waals surface area contributed by atoms with Crippen LogP contribution in [-0.4, -0.2) is 16.6 Å². The fourth-order valence-corrected chi connectivity index (χ4v) is 2.00. The van der Waals surface area contributed by atoms with Crippen molar-refractivity contribution >= 4 is 5.97 Å². The maximum absolute atomic E-state index is 10.9. The third-order valence-electron chi connectivity index (χ3n) is 3.31. The van der Waals surface area contributed by atoms with Crippen LogP contribution >= 0.6 is 0 Å². The van der Waals surface area contributed by atoms with E-state index in [1.54, 1.807) is 0 Å². The number of hydrogen-bond donors (Lipinski definition) is 2. The van der Waals surface area contributed by atoms with Crippen LogP contribution in [0.5, 0.6) is 0 Å². The highest BCUT2D eigenvalue weighted by Crippen LogP contribution is 2.35. The van der Waals surface area contributed by atoms with Crippen LogP contribution in [0.3, 0.4) is 0 Å². The highest BCUT2D eigenvalue weighted by molar-refractivity contribution is 5.79. The Bertz CT molecular complexity index is 193. The summed E-state index contributed by atoms with van der Waals surface area (Å²) in [6, 6.07) is 0. The average molecular weight is 171 g/mol. The number of carbonyl (C=O) groups is 1. The van der Waals surface area contributed by atoms with Crippen molar-refractivity contribution in [2.75, 3.05) is 0 Å². The second-order valence-electron chi connectivity index (χ2n) is 4.00. The van der Waals surface area contributed by atoms with Crippen molar-refractivity contribution in [1.29, 1.82) is 0 Å². The molecule has 12 heavy (non-hydrogen) atoms. The normalized spacial score (nSPS) is 42.6. The molecule has 3 unspecified atom stereocenters. The quantitative estimate of drug-likeness (QED) is 0.623. The Kier molecular flexibility index (Phi) is 2.42. The van der Waals surface area contributed by atoms with E-state index in [4.69, 9.17) is 10.8 Å². The van der Waals surface area contributed by atoms with Crippen molar-refractivity contribution in [1.82, 2.24) is 0 Å². The molecule has 0 aromatic heterocycles. The minimum Gasteiger partial charge on any atom is -0.480 e. The average Bonchev–Trinajstić information content (AvgIpc) is 2.00. The molecule has 0 bridgehead atoms. The predicted molar refractivity (Wildman–Crippen MR) is 46.7 cm³/mol. The summed E-state index contributed by atoms with van der Waals surface area (Å²) < 4.78 is 0. The van der Waals surface area contributed by atoms with Crippen molar-refractivity contribution in [2.45, 2.75) is 38.6 Å². The van der Waals surface area contributed by atoms with Crippen molar-refractivity contribution in [3.05, 3.63) is 0 Å². The molecule has 0 spiro atoms. The lowest BCUT2D eigenvalue weighted by atomic mass is 9.69. The van der Waals surface area contributed by atoms with Gasteiger partial charge >= 0.3 is 5.97 Å². The highest BCUT2D eigenvalue weighted by Gasteiger charge is 2.44. The molecule has 1 fully saturated rings. The van der Waals surface area contributed by atoms with E-state index >= 15 is 0 Å². The van der Waals surface area contributed by atoms with Gasteiger partial charge < -0.3 is 10.8 Å². The molecule has 1 rings (SSSR count). The minimum atomic E-state index is -0.975. The van der Waals surface area contributed by atoms with Crippen LogP contribution in [0.1, 0.15) is 33.1 Å². The Labute approximate surface area is 72.9 Å². The van der Waals surface area contributed by atoms with Crippen molar-refractivity contribution in [2.24, 2.45) is 17.6 Å². The number of nitrogens with two attached hydrogens (primary N) is 1. The van der Waals surface area contributed by atoms with Gasteiger partial charge in [0.25, 0.3) is 0 Å². The van der Waals surface area contributed by atoms with Crippen LogP contribution in [0.15, 0.2) is 0 Å². The van der Waals surface area contributed by atoms with E-state index in [1.165, 1.54) is 0 Å². The van der Waals surface area contributed by atoms with E-state index in [9.17, 15) is 4.79 Å². The number of carboxylic acids is 1. The lowest BCUT2D eigenvalue weighted by molar-refractivity contribution is -0.147. The maximum Gasteiger partial charge on any atom is 0.323 e. The van der Waals surface area contributed by atoms with E-state index in [0.29, 0.717) is 12.3 Å². The molecule has 0 radical (unpaired) electrons. The molecule has 3 heteroatoms. The third kappa shape index (κ3) is 1.33. The van der Waals surface area contributed by atoms with Crippen LogP contribution in [0.25, 0.3) is 0 Å². The summed E-state index contributed by atoms with van der Waals surface area (Å²) in [6.07, 6.45) is 2.66. The standard InChI is InChI=1S/C9H17NO2/c1-6-4-3-5-9(10,7(6)2)8(11)12/h6-7H,3-5,10H2,1-2H3,(H,11,12). The molecule has 70 valence electrons. The summed E-state index contributed by atoms with van der Waals surface area (Å²) in [5.41, 5.74) is 4.86. The fraction of sp³-hybridized carbons (Fsp3) is 0.889. The zero-order chi connectivity index (χ0) is 9.35. The molecule has 0 amide bonds. The van der Waals surface area contributed by atoms with Crippen molar-refractivity contribution in [3.63, 3.8) is 0 Å². The Morgan fingerprint density at radius 3 is 2.58 bits per heavy atom. The summed E-state index contributed by atoms with van der Waals surface area (Å²) >= 11 is 0. The smallest absolute Gasteiger partial charge is 0.323 e. The van der Waals surface area contributed by atoms with Gasteiger partial charge in [0.15, 0.2) is 0 Å². The number of hydrogen-bond acceptors (Lipinski definition) is 2. The summed E-state index contributed by atoms with van der Waals surface area (Å²) in [6.45, 7) is 4.02. The zero-order valence-electron chi connectivity index (χ0n) is 7.71. The maximum atomic E-state index is 10.9. The lowest BCUT2D eigenvalue weighted by Crippen LogP contribution is -2.56. The van der Waals surface area contributed by atoms with Gasteiger partial charge in [-0.15, -0.1) is 0 Å². The van der Waals surface area contributed by atoms with Gasteiger partial charge in [0.05, 0.1) is 0 Å². The van der Waals surface area contributed by atoms with E-state index in [0.717, 1.165) is 12.8 Å². The Balaban J connectivity index is 2.81. The van der Waals surface area contributed by atoms with E-state index in [1.807, 2.05) is 6.92 Å². The molecular weight excluding hydrogens is 154 g/mol. The molecule has 1 aliphatic rings. The largest absolute Gasteiger partial charge is 0.480 e. The fourth-order valence-electron chi connectivity index (χ4n) is 2.00. The van der Waals surface area contributed by atoms with Crippen LogP contribution in [0.4, 0.5) is 0 Å². The molecular formula is C9H17NO2. The van der Waals surface area contributed by atoms with Gasteiger partial charge in [-0.2, -0.15) is 0 Å². The summed E-state index contributed by atoms with van der Waals surface area (Å²) in [5, 5.41) is 8.96. The van der Waals surface area contributed by atoms with Gasteiger partial charge in [0.1, 0.15) is 5.54 Å². The van der Waals surface area contributed by atoms with Crippen LogP contribution in [0.2, 0.25) is 0 Å². The van der Waals surface area contributed by atoms with Crippen LogP contribution < -0.4 is 5.73 Å². The molecule has 0 aliphatic heterocycles. The minimum absolute atomic E-state index is 0.0868. The van der Waals surface area contributed by atoms with Gasteiger partial charge in [-0.05, 0) is 18.3 Å². The first-order valence-corrected chi connectivity index (χ1v) is 4.50. The van der Waals surface area contributed by atoms with Crippen molar-refractivity contribution in [3.8, 4) is 0 Å². The second kappa shape index (κ2) is 3.05. The van der Waals surface area contributed by atoms with Gasteiger partial charge in [-0.3, -0.25) is 4.79 Å². The first-order chi connectivity index (χ1) is 5.48. The van der Waals surface area contributed by atoms with Crippen molar-refractivity contribution < 1.29 is 9.90 Å². The molecule has 0 aromatic rings. The topological polar surface area (TPSA) is 63.3 Å². The third-order valence-corrected chi connectivity index (χ3v) is 3.31. The summed E-state index contributed by atoms with van der Waals surface area (Å²) in [7, 11) is 0. The predicted octanol–water partition coefficient (Wildman–Crippen LogP) is 1.22. The molecule has 1 aliphatic carbocycles. The Morgan fingerprint density at radius 2 is 2.17 bits per heavy atom. The van der Waals surface area contributed by atoms with Gasteiger partial charge in [0, 0.05) is 0 Å². The van der Waals surface area contributed by atoms with Gasteiger partial charge in [0.2, 0.25) is 0 Å². The highest BCUT2D eigenvalue weighted by atomic mass is 16.4. The SMILES string of the molecule is CC1CCCC(N)(C(=O)O)C1C. The lowest BCUT2D eigenvalue weighted by Gasteiger charge is -2.39. The Morgan fingerprint density at radius 1 is 1.58 bits per heavy atom. The van der Waals surface area contributed by atoms with Gasteiger partial charge in [-0.1, -0.05) is 26.7 Å². The number of aliphatic carboxylic acids is 1. The van der Waals surface area contributed by atoms with E-state index in [2.05, 4.69) is 6.92 Å². The molecule has 3 N–H and O–H groups in total. The summed E-state index contributed by atoms with van der Waals surface area (Å²) in [5.74, 6) is -0.329. The van der Waals surface area contributed by atoms with Crippen LogP contribution in [-0.2, 0) is 4.79 Å². The molecule has 1 saturated carbocycles. The number of rotatable bonds is 1. The monoisotopic (exact) mass is 171 g/mol. The van der Waals surface area contributed by atoms with Gasteiger partial charge in [-0.25, -0.2) is 0 Å².